The minimum absolute atomic E-state index is 0.00980. The van der Waals surface area contributed by atoms with Crippen LogP contribution >= 0.6 is 0 Å². The molecule has 9 heteroatoms. The molecule has 170 valence electrons. The molecule has 7 nitrogen and oxygen atoms in total. The fourth-order valence-electron chi connectivity index (χ4n) is 4.11. The standard InChI is InChI=1S/C24H21FN2O5S/c1-13(17-7-4-10-26-23(17)28)16-5-3-6-18-20(22(24(29)30)27-21(16)18)14-8-9-15(19(25)11-14)12-33(2,31)32/h3-11,13,27H,12H2,1-2H3,(H,26,28)(H,29,30). The van der Waals surface area contributed by atoms with Crippen LogP contribution in [-0.4, -0.2) is 35.7 Å². The molecule has 0 amide bonds. The molecule has 3 N–H and O–H groups in total. The largest absolute Gasteiger partial charge is 0.477 e. The zero-order chi connectivity index (χ0) is 23.9. The number of halogens is 1. The van der Waals surface area contributed by atoms with Crippen molar-refractivity contribution >= 4 is 26.7 Å². The van der Waals surface area contributed by atoms with Crippen LogP contribution in [0.3, 0.4) is 0 Å². The number of carboxylic acids is 1. The Balaban J connectivity index is 1.92. The fourth-order valence-corrected chi connectivity index (χ4v) is 4.91. The van der Waals surface area contributed by atoms with Crippen LogP contribution in [0.2, 0.25) is 0 Å². The summed E-state index contributed by atoms with van der Waals surface area (Å²) in [4.78, 5) is 29.9. The van der Waals surface area contributed by atoms with Crippen molar-refractivity contribution in [3.05, 3.63) is 93.3 Å². The summed E-state index contributed by atoms with van der Waals surface area (Å²) in [7, 11) is -3.44. The lowest BCUT2D eigenvalue weighted by atomic mass is 9.91. The van der Waals surface area contributed by atoms with Crippen molar-refractivity contribution in [2.75, 3.05) is 6.26 Å². The van der Waals surface area contributed by atoms with Crippen molar-refractivity contribution in [3.63, 3.8) is 0 Å². The number of fused-ring (bicyclic) bond motifs is 1. The molecule has 4 rings (SSSR count). The molecule has 1 atom stereocenters. The van der Waals surface area contributed by atoms with E-state index in [0.29, 0.717) is 33.2 Å². The fraction of sp³-hybridized carbons (Fsp3) is 0.167. The first-order valence-electron chi connectivity index (χ1n) is 10.1. The number of aromatic amines is 2. The predicted octanol–water partition coefficient (Wildman–Crippen LogP) is 4.06. The first-order valence-corrected chi connectivity index (χ1v) is 12.1. The third kappa shape index (κ3) is 4.31. The van der Waals surface area contributed by atoms with Gasteiger partial charge >= 0.3 is 5.97 Å². The van der Waals surface area contributed by atoms with Crippen molar-refractivity contribution in [2.24, 2.45) is 0 Å². The summed E-state index contributed by atoms with van der Waals surface area (Å²) in [5.41, 5.74) is 2.00. The first-order chi connectivity index (χ1) is 15.6. The number of aromatic carboxylic acids is 1. The van der Waals surface area contributed by atoms with E-state index in [1.807, 2.05) is 6.92 Å². The molecule has 0 radical (unpaired) electrons. The van der Waals surface area contributed by atoms with Crippen LogP contribution in [-0.2, 0) is 15.6 Å². The van der Waals surface area contributed by atoms with Crippen LogP contribution < -0.4 is 5.56 Å². The Bertz CT molecular complexity index is 1550. The number of hydrogen-bond acceptors (Lipinski definition) is 4. The number of carbonyl (C=O) groups is 1. The average Bonchev–Trinajstić information content (AvgIpc) is 3.14. The Kier molecular flexibility index (Phi) is 5.67. The van der Waals surface area contributed by atoms with Gasteiger partial charge in [0.15, 0.2) is 9.84 Å². The number of carboxylic acid groups (broad SMARTS) is 1. The Hall–Kier alpha value is -3.72. The lowest BCUT2D eigenvalue weighted by molar-refractivity contribution is 0.0692. The van der Waals surface area contributed by atoms with Gasteiger partial charge in [-0.1, -0.05) is 43.3 Å². The van der Waals surface area contributed by atoms with Crippen LogP contribution in [0, 0.1) is 5.82 Å². The molecule has 33 heavy (non-hydrogen) atoms. The molecule has 2 heterocycles. The molecular formula is C24H21FN2O5S. The second-order valence-electron chi connectivity index (χ2n) is 8.00. The van der Waals surface area contributed by atoms with Gasteiger partial charge in [-0.05, 0) is 23.3 Å². The van der Waals surface area contributed by atoms with E-state index in [1.54, 1.807) is 30.3 Å². The van der Waals surface area contributed by atoms with E-state index in [1.165, 1.54) is 18.3 Å². The SMILES string of the molecule is CC(c1ccc[nH]c1=O)c1cccc2c(-c3ccc(CS(C)(=O)=O)c(F)c3)c(C(=O)O)[nH]c12. The van der Waals surface area contributed by atoms with E-state index in [-0.39, 0.29) is 22.7 Å². The maximum Gasteiger partial charge on any atom is 0.352 e. The number of para-hydroxylation sites is 1. The summed E-state index contributed by atoms with van der Waals surface area (Å²) >= 11 is 0. The molecule has 0 aliphatic rings. The number of sulfone groups is 1. The lowest BCUT2D eigenvalue weighted by Gasteiger charge is -2.13. The van der Waals surface area contributed by atoms with Gasteiger partial charge in [0.1, 0.15) is 11.5 Å². The van der Waals surface area contributed by atoms with E-state index >= 15 is 0 Å². The molecule has 0 aliphatic carbocycles. The number of nitrogens with one attached hydrogen (secondary N) is 2. The molecular weight excluding hydrogens is 447 g/mol. The number of rotatable bonds is 6. The van der Waals surface area contributed by atoms with E-state index in [0.717, 1.165) is 12.3 Å². The molecule has 0 bridgehead atoms. The highest BCUT2D eigenvalue weighted by Crippen LogP contribution is 2.37. The summed E-state index contributed by atoms with van der Waals surface area (Å²) in [5, 5.41) is 10.4. The van der Waals surface area contributed by atoms with Gasteiger partial charge in [-0.2, -0.15) is 0 Å². The van der Waals surface area contributed by atoms with Crippen LogP contribution in [0.4, 0.5) is 4.39 Å². The molecule has 0 saturated heterocycles. The smallest absolute Gasteiger partial charge is 0.352 e. The predicted molar refractivity (Wildman–Crippen MR) is 124 cm³/mol. The summed E-state index contributed by atoms with van der Waals surface area (Å²) in [6, 6.07) is 12.7. The van der Waals surface area contributed by atoms with Crippen molar-refractivity contribution < 1.29 is 22.7 Å². The minimum Gasteiger partial charge on any atom is -0.477 e. The Morgan fingerprint density at radius 2 is 1.85 bits per heavy atom. The molecule has 1 unspecified atom stereocenters. The van der Waals surface area contributed by atoms with Crippen molar-refractivity contribution in [3.8, 4) is 11.1 Å². The number of benzene rings is 2. The summed E-state index contributed by atoms with van der Waals surface area (Å²) in [6.45, 7) is 1.85. The first kappa shape index (κ1) is 22.5. The van der Waals surface area contributed by atoms with Gasteiger partial charge in [0, 0.05) is 40.4 Å². The Morgan fingerprint density at radius 1 is 1.12 bits per heavy atom. The van der Waals surface area contributed by atoms with Gasteiger partial charge in [-0.15, -0.1) is 0 Å². The normalized spacial score (nSPS) is 12.7. The van der Waals surface area contributed by atoms with Crippen LogP contribution in [0.25, 0.3) is 22.0 Å². The molecule has 0 spiro atoms. The third-order valence-electron chi connectivity index (χ3n) is 5.62. The third-order valence-corrected chi connectivity index (χ3v) is 6.46. The van der Waals surface area contributed by atoms with Crippen LogP contribution in [0.5, 0.6) is 0 Å². The second kappa shape index (κ2) is 8.32. The summed E-state index contributed by atoms with van der Waals surface area (Å²) < 4.78 is 37.8. The maximum atomic E-state index is 14.7. The van der Waals surface area contributed by atoms with Crippen LogP contribution in [0.15, 0.2) is 59.5 Å². The molecule has 0 aliphatic heterocycles. The highest BCUT2D eigenvalue weighted by molar-refractivity contribution is 7.89. The Labute approximate surface area is 188 Å². The van der Waals surface area contributed by atoms with Gasteiger partial charge in [0.05, 0.1) is 11.3 Å². The zero-order valence-corrected chi connectivity index (χ0v) is 18.7. The lowest BCUT2D eigenvalue weighted by Crippen LogP contribution is -2.14. The van der Waals surface area contributed by atoms with E-state index < -0.39 is 27.4 Å². The second-order valence-corrected chi connectivity index (χ2v) is 10.1. The monoisotopic (exact) mass is 468 g/mol. The molecule has 2 aromatic heterocycles. The number of hydrogen-bond donors (Lipinski definition) is 3. The number of aromatic nitrogens is 2. The quantitative estimate of drug-likeness (QED) is 0.394. The highest BCUT2D eigenvalue weighted by atomic mass is 32.2. The van der Waals surface area contributed by atoms with Crippen molar-refractivity contribution in [2.45, 2.75) is 18.6 Å². The summed E-state index contributed by atoms with van der Waals surface area (Å²) in [6.07, 6.45) is 2.56. The van der Waals surface area contributed by atoms with E-state index in [9.17, 15) is 27.5 Å². The highest BCUT2D eigenvalue weighted by Gasteiger charge is 2.23. The molecule has 4 aromatic rings. The van der Waals surface area contributed by atoms with Gasteiger partial charge in [-0.3, -0.25) is 4.79 Å². The molecule has 2 aromatic carbocycles. The van der Waals surface area contributed by atoms with Gasteiger partial charge < -0.3 is 15.1 Å². The molecule has 0 fully saturated rings. The minimum atomic E-state index is -3.44. The Morgan fingerprint density at radius 3 is 2.48 bits per heavy atom. The number of H-pyrrole nitrogens is 2. The number of pyridine rings is 1. The zero-order valence-electron chi connectivity index (χ0n) is 17.8. The summed E-state index contributed by atoms with van der Waals surface area (Å²) in [5.74, 6) is -2.76. The van der Waals surface area contributed by atoms with E-state index in [2.05, 4.69) is 9.97 Å². The van der Waals surface area contributed by atoms with Gasteiger partial charge in [-0.25, -0.2) is 17.6 Å². The van der Waals surface area contributed by atoms with Crippen LogP contribution in [0.1, 0.15) is 40.0 Å². The maximum absolute atomic E-state index is 14.7. The van der Waals surface area contributed by atoms with Crippen molar-refractivity contribution in [1.82, 2.24) is 9.97 Å². The van der Waals surface area contributed by atoms with E-state index in [4.69, 9.17) is 0 Å². The average molecular weight is 469 g/mol. The topological polar surface area (TPSA) is 120 Å². The van der Waals surface area contributed by atoms with Gasteiger partial charge in [0.2, 0.25) is 0 Å². The van der Waals surface area contributed by atoms with Gasteiger partial charge in [0.25, 0.3) is 5.56 Å². The molecule has 0 saturated carbocycles. The van der Waals surface area contributed by atoms with Crippen molar-refractivity contribution in [1.29, 1.82) is 0 Å².